The Balaban J connectivity index is 6.12. The Morgan fingerprint density at radius 2 is 0.755 bits per heavy atom. The molecule has 0 rings (SSSR count). The Labute approximate surface area is 318 Å². The molecule has 0 aliphatic rings. The first-order valence-corrected chi connectivity index (χ1v) is 19.1. The number of thioether (sulfide) groups is 1. The fraction of sp³-hybridized carbons (Fsp3) is 0.892. The van der Waals surface area contributed by atoms with Gasteiger partial charge in [0, 0.05) is 24.4 Å². The highest BCUT2D eigenvalue weighted by Gasteiger charge is 2.45. The summed E-state index contributed by atoms with van der Waals surface area (Å²) < 4.78 is 15.5. The Hall–Kier alpha value is -0.560. The second-order valence-corrected chi connectivity index (χ2v) is 24.5. The van der Waals surface area contributed by atoms with Crippen LogP contribution >= 0.6 is 49.6 Å². The van der Waals surface area contributed by atoms with E-state index in [1.807, 2.05) is 69.2 Å². The van der Waals surface area contributed by atoms with E-state index in [1.165, 1.54) is 11.8 Å². The predicted molar refractivity (Wildman–Crippen MR) is 212 cm³/mol. The van der Waals surface area contributed by atoms with Crippen molar-refractivity contribution >= 4 is 72.7 Å². The summed E-state index contributed by atoms with van der Waals surface area (Å²) in [5.74, 6) is -1.60. The molecule has 0 aliphatic carbocycles. The highest BCUT2D eigenvalue weighted by atomic mass is 32.2. The maximum absolute atomic E-state index is 13.6. The van der Waals surface area contributed by atoms with Crippen LogP contribution in [0.1, 0.15) is 136 Å². The second-order valence-electron chi connectivity index (χ2n) is 19.2. The molecule has 49 heavy (non-hydrogen) atoms. The Bertz CT molecular complexity index is 1110. The van der Waals surface area contributed by atoms with Gasteiger partial charge in [-0.2, -0.15) is 37.9 Å². The second kappa shape index (κ2) is 17.1. The minimum absolute atomic E-state index is 0.0141. The van der Waals surface area contributed by atoms with Gasteiger partial charge in [0.15, 0.2) is 5.12 Å². The van der Waals surface area contributed by atoms with Gasteiger partial charge >= 0.3 is 17.9 Å². The van der Waals surface area contributed by atoms with Crippen molar-refractivity contribution in [3.05, 3.63) is 0 Å². The molecule has 0 atom stereocenters. The SMILES string of the molecule is CC(C)(S)CC(C)(C)C(=O)OCC(CO)(COC(=O)C(C)(C)CC(C)(C)S)COC(=O)C(C)(C)CC(C)(C)SC(=O)C(C)(C)CC(C)(C)S. The van der Waals surface area contributed by atoms with Crippen LogP contribution in [0.3, 0.4) is 0 Å². The molecule has 12 heteroatoms. The summed E-state index contributed by atoms with van der Waals surface area (Å²) in [5.41, 5.74) is -4.89. The van der Waals surface area contributed by atoms with Crippen LogP contribution in [0, 0.1) is 27.1 Å². The number of esters is 3. The number of hydrogen-bond acceptors (Lipinski definition) is 12. The van der Waals surface area contributed by atoms with Gasteiger partial charge < -0.3 is 19.3 Å². The van der Waals surface area contributed by atoms with Gasteiger partial charge in [0.05, 0.1) is 28.3 Å². The van der Waals surface area contributed by atoms with Crippen LogP contribution in [0.4, 0.5) is 0 Å². The molecule has 0 aromatic heterocycles. The van der Waals surface area contributed by atoms with Crippen molar-refractivity contribution in [2.24, 2.45) is 27.1 Å². The highest BCUT2D eigenvalue weighted by Crippen LogP contribution is 2.44. The van der Waals surface area contributed by atoms with Gasteiger partial charge in [0.25, 0.3) is 0 Å². The van der Waals surface area contributed by atoms with E-state index in [4.69, 9.17) is 14.2 Å². The van der Waals surface area contributed by atoms with Crippen molar-refractivity contribution in [1.82, 2.24) is 0 Å². The van der Waals surface area contributed by atoms with E-state index < -0.39 is 65.8 Å². The van der Waals surface area contributed by atoms with Crippen molar-refractivity contribution in [2.45, 2.75) is 155 Å². The zero-order chi connectivity index (χ0) is 39.3. The summed E-state index contributed by atoms with van der Waals surface area (Å²) in [6.45, 7) is 28.0. The van der Waals surface area contributed by atoms with E-state index in [2.05, 4.69) is 37.9 Å². The van der Waals surface area contributed by atoms with Crippen molar-refractivity contribution in [1.29, 1.82) is 0 Å². The topological polar surface area (TPSA) is 116 Å². The average Bonchev–Trinajstić information content (AvgIpc) is 2.82. The van der Waals surface area contributed by atoms with Crippen LogP contribution in [0.15, 0.2) is 0 Å². The third kappa shape index (κ3) is 18.2. The molecule has 0 saturated carbocycles. The molecule has 0 heterocycles. The van der Waals surface area contributed by atoms with E-state index >= 15 is 0 Å². The van der Waals surface area contributed by atoms with Crippen LogP contribution in [-0.4, -0.2) is 73.5 Å². The van der Waals surface area contributed by atoms with Gasteiger partial charge in [-0.25, -0.2) is 0 Å². The number of carbonyl (C=O) groups excluding carboxylic acids is 4. The first-order chi connectivity index (χ1) is 21.4. The van der Waals surface area contributed by atoms with Crippen LogP contribution in [0.5, 0.6) is 0 Å². The van der Waals surface area contributed by atoms with Crippen molar-refractivity contribution in [2.75, 3.05) is 26.4 Å². The quantitative estimate of drug-likeness (QED) is 0.0551. The Kier molecular flexibility index (Phi) is 16.9. The summed E-state index contributed by atoms with van der Waals surface area (Å²) in [6.07, 6.45) is 1.73. The third-order valence-electron chi connectivity index (χ3n) is 7.93. The lowest BCUT2D eigenvalue weighted by Crippen LogP contribution is -2.46. The molecule has 0 amide bonds. The monoisotopic (exact) mass is 768 g/mol. The molecule has 0 aromatic rings. The maximum Gasteiger partial charge on any atom is 0.311 e. The van der Waals surface area contributed by atoms with E-state index in [1.54, 1.807) is 41.5 Å². The highest BCUT2D eigenvalue weighted by molar-refractivity contribution is 8.14. The Morgan fingerprint density at radius 1 is 0.490 bits per heavy atom. The lowest BCUT2D eigenvalue weighted by atomic mass is 9.83. The van der Waals surface area contributed by atoms with E-state index in [0.717, 1.165) is 0 Å². The lowest BCUT2D eigenvalue weighted by Gasteiger charge is -2.37. The summed E-state index contributed by atoms with van der Waals surface area (Å²) in [7, 11) is 0. The minimum atomic E-state index is -1.43. The summed E-state index contributed by atoms with van der Waals surface area (Å²) in [6, 6.07) is 0. The standard InChI is InChI=1S/C37H68O8S4/c1-29(2,17-33(9,10)46)25(39)43-22-37(21-38,23-44-26(40)30(3,4)18-34(11,12)47)24-45-27(41)31(5,6)20-36(15,16)49-28(42)32(7,8)19-35(13,14)48/h38,46-48H,17-24H2,1-16H3. The summed E-state index contributed by atoms with van der Waals surface area (Å²) in [5, 5.41) is 10.7. The zero-order valence-electron chi connectivity index (χ0n) is 33.2. The van der Waals surface area contributed by atoms with Crippen LogP contribution in [0.25, 0.3) is 0 Å². The summed E-state index contributed by atoms with van der Waals surface area (Å²) >= 11 is 15.0. The molecule has 8 nitrogen and oxygen atoms in total. The van der Waals surface area contributed by atoms with Gasteiger partial charge in [0.2, 0.25) is 0 Å². The third-order valence-corrected chi connectivity index (χ3v) is 9.84. The van der Waals surface area contributed by atoms with Crippen molar-refractivity contribution in [3.8, 4) is 0 Å². The smallest absolute Gasteiger partial charge is 0.311 e. The van der Waals surface area contributed by atoms with Crippen LogP contribution in [-0.2, 0) is 33.4 Å². The molecule has 0 aromatic carbocycles. The van der Waals surface area contributed by atoms with E-state index in [0.29, 0.717) is 25.7 Å². The van der Waals surface area contributed by atoms with Crippen LogP contribution < -0.4 is 0 Å². The first-order valence-electron chi connectivity index (χ1n) is 16.9. The fourth-order valence-corrected chi connectivity index (χ4v) is 9.00. The van der Waals surface area contributed by atoms with Gasteiger partial charge in [-0.15, -0.1) is 0 Å². The molecular formula is C37H68O8S4. The van der Waals surface area contributed by atoms with Gasteiger partial charge in [-0.05, 0) is 67.2 Å². The molecule has 0 saturated heterocycles. The minimum Gasteiger partial charge on any atom is -0.464 e. The number of aliphatic hydroxyl groups excluding tert-OH is 1. The number of hydrogen-bond donors (Lipinski definition) is 4. The van der Waals surface area contributed by atoms with E-state index in [-0.39, 0.29) is 29.7 Å². The van der Waals surface area contributed by atoms with Crippen molar-refractivity contribution < 1.29 is 38.5 Å². The van der Waals surface area contributed by atoms with E-state index in [9.17, 15) is 24.3 Å². The van der Waals surface area contributed by atoms with Crippen molar-refractivity contribution in [3.63, 3.8) is 0 Å². The summed E-state index contributed by atoms with van der Waals surface area (Å²) in [4.78, 5) is 53.5. The molecule has 0 radical (unpaired) electrons. The maximum atomic E-state index is 13.6. The molecule has 1 N–H and O–H groups in total. The molecule has 0 spiro atoms. The molecule has 0 aliphatic heterocycles. The number of ether oxygens (including phenoxy) is 3. The van der Waals surface area contributed by atoms with Gasteiger partial charge in [-0.1, -0.05) is 81.0 Å². The molecule has 0 fully saturated rings. The van der Waals surface area contributed by atoms with Crippen LogP contribution in [0.2, 0.25) is 0 Å². The number of rotatable bonds is 20. The fourth-order valence-electron chi connectivity index (χ4n) is 6.53. The molecule has 0 bridgehead atoms. The number of carbonyl (C=O) groups is 4. The average molecular weight is 769 g/mol. The number of aliphatic hydroxyl groups is 1. The predicted octanol–water partition coefficient (Wildman–Crippen LogP) is 8.42. The molecule has 288 valence electrons. The normalized spacial score (nSPS) is 14.4. The largest absolute Gasteiger partial charge is 0.464 e. The Morgan fingerprint density at radius 3 is 1.02 bits per heavy atom. The van der Waals surface area contributed by atoms with Gasteiger partial charge in [0.1, 0.15) is 19.8 Å². The lowest BCUT2D eigenvalue weighted by molar-refractivity contribution is -0.177. The first kappa shape index (κ1) is 48.4. The molecular weight excluding hydrogens is 701 g/mol. The zero-order valence-corrected chi connectivity index (χ0v) is 36.7. The van der Waals surface area contributed by atoms with Gasteiger partial charge in [-0.3, -0.25) is 19.2 Å². The molecule has 0 unspecified atom stereocenters. The number of thiol groups is 3.